The summed E-state index contributed by atoms with van der Waals surface area (Å²) in [5.41, 5.74) is 8.20. The molecular formula is C26H30N4O5. The number of allylic oxidation sites excluding steroid dienone is 1. The van der Waals surface area contributed by atoms with Crippen LogP contribution in [0.25, 0.3) is 5.69 Å². The van der Waals surface area contributed by atoms with Gasteiger partial charge in [0.1, 0.15) is 0 Å². The van der Waals surface area contributed by atoms with E-state index in [1.165, 1.54) is 0 Å². The molecule has 0 bridgehead atoms. The van der Waals surface area contributed by atoms with Crippen molar-refractivity contribution in [3.8, 4) is 5.69 Å². The molecule has 2 heterocycles. The molecule has 1 amide bonds. The highest BCUT2D eigenvalue weighted by molar-refractivity contribution is 6.04. The Morgan fingerprint density at radius 2 is 1.91 bits per heavy atom. The molecule has 0 fully saturated rings. The molecule has 2 aromatic carbocycles. The van der Waals surface area contributed by atoms with Crippen LogP contribution in [0.1, 0.15) is 30.9 Å². The number of aliphatic hydroxyl groups excluding tert-OH is 1. The van der Waals surface area contributed by atoms with Crippen LogP contribution in [-0.2, 0) is 21.3 Å². The molecule has 0 spiro atoms. The number of aliphatic hydroxyl groups is 1. The second-order valence-corrected chi connectivity index (χ2v) is 8.34. The van der Waals surface area contributed by atoms with Crippen LogP contribution in [0.2, 0.25) is 0 Å². The molecule has 1 aliphatic rings. The van der Waals surface area contributed by atoms with Gasteiger partial charge >= 0.3 is 0 Å². The standard InChI is InChI=1S/C26H30N4O5/c1-29-22(17-24(32)30(29)19-9-3-2-4-10-19)18-15-23(35-25(16-18)34-14-8-7-13-31)26(33)28-21-12-6-5-11-20(21)27/h2-6,9-12,15,17-18,25,31H,7-8,13-14,16,27H2,1H3,(H,28,33)/t18-,25+/m0/s1. The first kappa shape index (κ1) is 24.3. The summed E-state index contributed by atoms with van der Waals surface area (Å²) in [6.45, 7) is 0.459. The normalized spacial score (nSPS) is 17.5. The predicted octanol–water partition coefficient (Wildman–Crippen LogP) is 2.90. The monoisotopic (exact) mass is 478 g/mol. The third kappa shape index (κ3) is 5.64. The van der Waals surface area contributed by atoms with Gasteiger partial charge in [-0.1, -0.05) is 30.3 Å². The van der Waals surface area contributed by atoms with E-state index in [1.807, 2.05) is 37.4 Å². The number of nitrogen functional groups attached to an aromatic ring is 1. The third-order valence-corrected chi connectivity index (χ3v) is 5.88. The Hall–Kier alpha value is -3.82. The van der Waals surface area contributed by atoms with E-state index < -0.39 is 12.2 Å². The van der Waals surface area contributed by atoms with E-state index in [0.717, 1.165) is 11.4 Å². The summed E-state index contributed by atoms with van der Waals surface area (Å²) in [5, 5.41) is 11.8. The van der Waals surface area contributed by atoms with Gasteiger partial charge in [-0.15, -0.1) is 0 Å². The summed E-state index contributed by atoms with van der Waals surface area (Å²) in [7, 11) is 1.81. The van der Waals surface area contributed by atoms with E-state index in [-0.39, 0.29) is 23.8 Å². The van der Waals surface area contributed by atoms with Crippen molar-refractivity contribution in [3.05, 3.63) is 88.5 Å². The maximum absolute atomic E-state index is 13.1. The SMILES string of the molecule is Cn1c([C@H]2C=C(C(=O)Nc3ccccc3N)O[C@@H](OCCCCO)C2)cc(=O)n1-c1ccccc1. The van der Waals surface area contributed by atoms with Gasteiger partial charge in [0.25, 0.3) is 11.5 Å². The summed E-state index contributed by atoms with van der Waals surface area (Å²) in [6.07, 6.45) is 2.73. The molecule has 0 aliphatic carbocycles. The maximum Gasteiger partial charge on any atom is 0.290 e. The summed E-state index contributed by atoms with van der Waals surface area (Å²) in [6, 6.07) is 17.9. The van der Waals surface area contributed by atoms with E-state index in [1.54, 1.807) is 45.8 Å². The number of carbonyl (C=O) groups excluding carboxylic acids is 1. The Bertz CT molecular complexity index is 1250. The van der Waals surface area contributed by atoms with Gasteiger partial charge in [0.15, 0.2) is 5.76 Å². The molecular weight excluding hydrogens is 448 g/mol. The highest BCUT2D eigenvalue weighted by atomic mass is 16.7. The molecule has 0 saturated heterocycles. The lowest BCUT2D eigenvalue weighted by Crippen LogP contribution is -2.30. The van der Waals surface area contributed by atoms with Crippen molar-refractivity contribution in [1.29, 1.82) is 0 Å². The van der Waals surface area contributed by atoms with Gasteiger partial charge in [0.2, 0.25) is 6.29 Å². The number of unbranched alkanes of at least 4 members (excludes halogenated alkanes) is 1. The summed E-state index contributed by atoms with van der Waals surface area (Å²) in [4.78, 5) is 25.9. The van der Waals surface area contributed by atoms with Gasteiger partial charge < -0.3 is 25.6 Å². The quantitative estimate of drug-likeness (QED) is 0.321. The smallest absolute Gasteiger partial charge is 0.290 e. The van der Waals surface area contributed by atoms with Crippen molar-refractivity contribution >= 4 is 17.3 Å². The third-order valence-electron chi connectivity index (χ3n) is 5.88. The zero-order valence-electron chi connectivity index (χ0n) is 19.6. The first-order valence-electron chi connectivity index (χ1n) is 11.6. The van der Waals surface area contributed by atoms with E-state index in [9.17, 15) is 9.59 Å². The summed E-state index contributed by atoms with van der Waals surface area (Å²) >= 11 is 0. The number of aromatic nitrogens is 2. The second-order valence-electron chi connectivity index (χ2n) is 8.34. The van der Waals surface area contributed by atoms with Gasteiger partial charge in [-0.25, -0.2) is 4.68 Å². The fraction of sp³-hybridized carbons (Fsp3) is 0.308. The van der Waals surface area contributed by atoms with Crippen molar-refractivity contribution in [2.24, 2.45) is 7.05 Å². The lowest BCUT2D eigenvalue weighted by Gasteiger charge is -2.29. The molecule has 35 heavy (non-hydrogen) atoms. The highest BCUT2D eigenvalue weighted by Gasteiger charge is 2.31. The average molecular weight is 479 g/mol. The zero-order chi connectivity index (χ0) is 24.8. The van der Waals surface area contributed by atoms with Gasteiger partial charge in [0, 0.05) is 37.8 Å². The largest absolute Gasteiger partial charge is 0.459 e. The van der Waals surface area contributed by atoms with Crippen molar-refractivity contribution in [1.82, 2.24) is 9.36 Å². The number of hydrogen-bond acceptors (Lipinski definition) is 6. The van der Waals surface area contributed by atoms with Crippen molar-refractivity contribution in [3.63, 3.8) is 0 Å². The van der Waals surface area contributed by atoms with Crippen LogP contribution in [-0.4, -0.2) is 39.9 Å². The minimum atomic E-state index is -0.687. The van der Waals surface area contributed by atoms with E-state index >= 15 is 0 Å². The molecule has 0 radical (unpaired) electrons. The molecule has 9 heteroatoms. The molecule has 1 aliphatic heterocycles. The lowest BCUT2D eigenvalue weighted by atomic mass is 9.97. The predicted molar refractivity (Wildman–Crippen MR) is 133 cm³/mol. The van der Waals surface area contributed by atoms with Crippen LogP contribution in [0.15, 0.2) is 77.3 Å². The molecule has 4 N–H and O–H groups in total. The first-order valence-corrected chi connectivity index (χ1v) is 11.6. The number of amides is 1. The number of hydrogen-bond donors (Lipinski definition) is 3. The van der Waals surface area contributed by atoms with Crippen LogP contribution in [0.3, 0.4) is 0 Å². The van der Waals surface area contributed by atoms with Crippen molar-refractivity contribution < 1.29 is 19.4 Å². The Balaban J connectivity index is 1.63. The first-order chi connectivity index (χ1) is 17.0. The topological polar surface area (TPSA) is 121 Å². The number of nitrogens with one attached hydrogen (secondary N) is 1. The number of carbonyl (C=O) groups is 1. The number of rotatable bonds is 9. The zero-order valence-corrected chi connectivity index (χ0v) is 19.6. The number of nitrogens with two attached hydrogens (primary N) is 1. The molecule has 9 nitrogen and oxygen atoms in total. The average Bonchev–Trinajstić information content (AvgIpc) is 3.17. The second kappa shape index (κ2) is 11.1. The summed E-state index contributed by atoms with van der Waals surface area (Å²) in [5.74, 6) is -0.663. The van der Waals surface area contributed by atoms with E-state index in [4.69, 9.17) is 20.3 Å². The molecule has 1 aromatic heterocycles. The van der Waals surface area contributed by atoms with E-state index in [2.05, 4.69) is 5.32 Å². The number of anilines is 2. The van der Waals surface area contributed by atoms with Crippen LogP contribution < -0.4 is 16.6 Å². The van der Waals surface area contributed by atoms with E-state index in [0.29, 0.717) is 37.2 Å². The van der Waals surface area contributed by atoms with Gasteiger partial charge in [-0.3, -0.25) is 14.3 Å². The number of ether oxygens (including phenoxy) is 2. The van der Waals surface area contributed by atoms with Crippen molar-refractivity contribution in [2.45, 2.75) is 31.5 Å². The molecule has 4 rings (SSSR count). The van der Waals surface area contributed by atoms with Crippen LogP contribution in [0, 0.1) is 0 Å². The Morgan fingerprint density at radius 1 is 1.17 bits per heavy atom. The Morgan fingerprint density at radius 3 is 2.66 bits per heavy atom. The molecule has 3 aromatic rings. The molecule has 0 saturated carbocycles. The van der Waals surface area contributed by atoms with Gasteiger partial charge in [0.05, 0.1) is 23.7 Å². The lowest BCUT2D eigenvalue weighted by molar-refractivity contribution is -0.143. The summed E-state index contributed by atoms with van der Waals surface area (Å²) < 4.78 is 15.1. The molecule has 0 unspecified atom stereocenters. The fourth-order valence-electron chi connectivity index (χ4n) is 4.11. The van der Waals surface area contributed by atoms with Gasteiger partial charge in [-0.2, -0.15) is 0 Å². The number of para-hydroxylation sites is 3. The Labute approximate surface area is 203 Å². The molecule has 184 valence electrons. The van der Waals surface area contributed by atoms with Crippen molar-refractivity contribution in [2.75, 3.05) is 24.3 Å². The van der Waals surface area contributed by atoms with Crippen LogP contribution in [0.4, 0.5) is 11.4 Å². The number of benzene rings is 2. The Kier molecular flexibility index (Phi) is 7.69. The van der Waals surface area contributed by atoms with Gasteiger partial charge in [-0.05, 0) is 43.2 Å². The fourth-order valence-corrected chi connectivity index (χ4v) is 4.11. The van der Waals surface area contributed by atoms with Crippen LogP contribution in [0.5, 0.6) is 0 Å². The minimum Gasteiger partial charge on any atom is -0.459 e. The van der Waals surface area contributed by atoms with Crippen LogP contribution >= 0.6 is 0 Å². The number of nitrogens with zero attached hydrogens (tertiary/aromatic N) is 2. The highest BCUT2D eigenvalue weighted by Crippen LogP contribution is 2.32. The minimum absolute atomic E-state index is 0.0820. The molecule has 2 atom stereocenters. The maximum atomic E-state index is 13.1.